The summed E-state index contributed by atoms with van der Waals surface area (Å²) in [6.45, 7) is 4.25. The van der Waals surface area contributed by atoms with Gasteiger partial charge in [0, 0.05) is 38.2 Å². The molecule has 3 nitrogen and oxygen atoms in total. The highest BCUT2D eigenvalue weighted by atomic mass is 15.2. The molecule has 1 aliphatic heterocycles. The van der Waals surface area contributed by atoms with E-state index in [2.05, 4.69) is 47.7 Å². The molecule has 1 N–H and O–H groups in total. The van der Waals surface area contributed by atoms with Gasteiger partial charge in [0.2, 0.25) is 0 Å². The van der Waals surface area contributed by atoms with Gasteiger partial charge in [-0.3, -0.25) is 4.68 Å². The molecule has 0 bridgehead atoms. The van der Waals surface area contributed by atoms with E-state index in [1.807, 2.05) is 17.9 Å². The number of benzene rings is 1. The lowest BCUT2D eigenvalue weighted by molar-refractivity contribution is 0.272. The van der Waals surface area contributed by atoms with Crippen LogP contribution in [-0.4, -0.2) is 22.9 Å². The van der Waals surface area contributed by atoms with E-state index >= 15 is 0 Å². The number of nitrogens with zero attached hydrogens (tertiary/aromatic N) is 2. The maximum absolute atomic E-state index is 4.51. The lowest BCUT2D eigenvalue weighted by Gasteiger charge is -2.43. The van der Waals surface area contributed by atoms with Crippen molar-refractivity contribution in [3.05, 3.63) is 53.3 Å². The smallest absolute Gasteiger partial charge is 0.0634 e. The predicted octanol–water partition coefficient (Wildman–Crippen LogP) is 1.81. The fourth-order valence-electron chi connectivity index (χ4n) is 2.74. The molecule has 18 heavy (non-hydrogen) atoms. The second kappa shape index (κ2) is 4.25. The summed E-state index contributed by atoms with van der Waals surface area (Å²) < 4.78 is 1.88. The Morgan fingerprint density at radius 1 is 1.33 bits per heavy atom. The maximum Gasteiger partial charge on any atom is 0.0634 e. The van der Waals surface area contributed by atoms with Crippen LogP contribution in [-0.2, 0) is 18.9 Å². The average molecular weight is 241 g/mol. The Morgan fingerprint density at radius 2 is 2.17 bits per heavy atom. The number of hydrogen-bond acceptors (Lipinski definition) is 2. The van der Waals surface area contributed by atoms with Gasteiger partial charge in [0.1, 0.15) is 0 Å². The van der Waals surface area contributed by atoms with Crippen molar-refractivity contribution in [3.63, 3.8) is 0 Å². The number of nitrogens with one attached hydrogen (secondary N) is 1. The van der Waals surface area contributed by atoms with Crippen LogP contribution in [0.5, 0.6) is 0 Å². The Balaban J connectivity index is 1.90. The Kier molecular flexibility index (Phi) is 2.71. The third-order valence-corrected chi connectivity index (χ3v) is 3.85. The minimum atomic E-state index is 0.236. The highest BCUT2D eigenvalue weighted by Gasteiger charge is 2.39. The van der Waals surface area contributed by atoms with Crippen molar-refractivity contribution in [2.45, 2.75) is 18.8 Å². The van der Waals surface area contributed by atoms with E-state index in [-0.39, 0.29) is 5.41 Å². The molecule has 1 saturated heterocycles. The van der Waals surface area contributed by atoms with Gasteiger partial charge in [-0.15, -0.1) is 0 Å². The molecule has 1 aromatic heterocycles. The van der Waals surface area contributed by atoms with Gasteiger partial charge in [-0.05, 0) is 18.6 Å². The number of aryl methyl sites for hydroxylation is 2. The van der Waals surface area contributed by atoms with Crippen LogP contribution in [0.4, 0.5) is 0 Å². The Hall–Kier alpha value is -1.61. The molecule has 0 unspecified atom stereocenters. The molecule has 0 amide bonds. The van der Waals surface area contributed by atoms with Crippen LogP contribution in [0.25, 0.3) is 0 Å². The van der Waals surface area contributed by atoms with Crippen molar-refractivity contribution in [1.82, 2.24) is 15.1 Å². The normalized spacial score (nSPS) is 17.4. The second-order valence-electron chi connectivity index (χ2n) is 5.41. The fourth-order valence-corrected chi connectivity index (χ4v) is 2.74. The van der Waals surface area contributed by atoms with Crippen LogP contribution >= 0.6 is 0 Å². The van der Waals surface area contributed by atoms with Gasteiger partial charge in [0.05, 0.1) is 5.69 Å². The first-order chi connectivity index (χ1) is 8.68. The molecule has 0 saturated carbocycles. The van der Waals surface area contributed by atoms with Gasteiger partial charge in [0.25, 0.3) is 0 Å². The van der Waals surface area contributed by atoms with Gasteiger partial charge in [-0.1, -0.05) is 29.8 Å². The standard InChI is InChI=1S/C15H19N3/c1-12-4-3-5-13(8-12)15(10-16-11-15)9-14-6-7-18(2)17-14/h3-8,16H,9-11H2,1-2H3. The van der Waals surface area contributed by atoms with E-state index in [1.54, 1.807) is 0 Å². The van der Waals surface area contributed by atoms with E-state index in [0.29, 0.717) is 0 Å². The second-order valence-corrected chi connectivity index (χ2v) is 5.41. The summed E-state index contributed by atoms with van der Waals surface area (Å²) in [5.41, 5.74) is 4.19. The van der Waals surface area contributed by atoms with Gasteiger partial charge >= 0.3 is 0 Å². The van der Waals surface area contributed by atoms with Gasteiger partial charge in [-0.25, -0.2) is 0 Å². The van der Waals surface area contributed by atoms with E-state index in [4.69, 9.17) is 0 Å². The Bertz CT molecular complexity index is 552. The largest absolute Gasteiger partial charge is 0.315 e. The predicted molar refractivity (Wildman–Crippen MR) is 72.6 cm³/mol. The maximum atomic E-state index is 4.51. The van der Waals surface area contributed by atoms with Crippen molar-refractivity contribution in [1.29, 1.82) is 0 Å². The Morgan fingerprint density at radius 3 is 2.72 bits per heavy atom. The van der Waals surface area contributed by atoms with E-state index in [1.165, 1.54) is 16.8 Å². The molecule has 2 heterocycles. The first-order valence-corrected chi connectivity index (χ1v) is 6.44. The highest BCUT2D eigenvalue weighted by Crippen LogP contribution is 2.32. The summed E-state index contributed by atoms with van der Waals surface area (Å²) in [4.78, 5) is 0. The molecular formula is C15H19N3. The summed E-state index contributed by atoms with van der Waals surface area (Å²) in [5.74, 6) is 0. The lowest BCUT2D eigenvalue weighted by Crippen LogP contribution is -2.58. The summed E-state index contributed by atoms with van der Waals surface area (Å²) in [5, 5.41) is 7.93. The van der Waals surface area contributed by atoms with Crippen LogP contribution in [0, 0.1) is 6.92 Å². The summed E-state index contributed by atoms with van der Waals surface area (Å²) in [6, 6.07) is 11.0. The molecule has 94 valence electrons. The van der Waals surface area contributed by atoms with E-state index < -0.39 is 0 Å². The topological polar surface area (TPSA) is 29.9 Å². The third-order valence-electron chi connectivity index (χ3n) is 3.85. The molecule has 0 atom stereocenters. The zero-order valence-electron chi connectivity index (χ0n) is 11.0. The average Bonchev–Trinajstić information content (AvgIpc) is 2.69. The summed E-state index contributed by atoms with van der Waals surface area (Å²) >= 11 is 0. The SMILES string of the molecule is Cc1cccc(C2(Cc3ccn(C)n3)CNC2)c1. The monoisotopic (exact) mass is 241 g/mol. The van der Waals surface area contributed by atoms with Gasteiger partial charge < -0.3 is 5.32 Å². The Labute approximate surface area is 108 Å². The first kappa shape index (κ1) is 11.5. The zero-order chi connectivity index (χ0) is 12.6. The molecule has 3 heteroatoms. The molecule has 0 radical (unpaired) electrons. The van der Waals surface area contributed by atoms with Crippen molar-refractivity contribution in [3.8, 4) is 0 Å². The zero-order valence-corrected chi connectivity index (χ0v) is 11.0. The fraction of sp³-hybridized carbons (Fsp3) is 0.400. The van der Waals surface area contributed by atoms with Crippen molar-refractivity contribution >= 4 is 0 Å². The molecular weight excluding hydrogens is 222 g/mol. The third kappa shape index (κ3) is 1.95. The quantitative estimate of drug-likeness (QED) is 0.888. The molecule has 1 aliphatic rings. The molecule has 0 spiro atoms. The van der Waals surface area contributed by atoms with Crippen LogP contribution < -0.4 is 5.32 Å². The van der Waals surface area contributed by atoms with Crippen LogP contribution in [0.15, 0.2) is 36.5 Å². The number of rotatable bonds is 3. The van der Waals surface area contributed by atoms with Crippen LogP contribution in [0.1, 0.15) is 16.8 Å². The molecule has 2 aromatic rings. The number of aromatic nitrogens is 2. The van der Waals surface area contributed by atoms with E-state index in [0.717, 1.165) is 19.5 Å². The van der Waals surface area contributed by atoms with Crippen molar-refractivity contribution in [2.24, 2.45) is 7.05 Å². The van der Waals surface area contributed by atoms with Crippen molar-refractivity contribution in [2.75, 3.05) is 13.1 Å². The number of hydrogen-bond donors (Lipinski definition) is 1. The lowest BCUT2D eigenvalue weighted by atomic mass is 9.71. The summed E-state index contributed by atoms with van der Waals surface area (Å²) in [7, 11) is 1.97. The van der Waals surface area contributed by atoms with Gasteiger partial charge in [-0.2, -0.15) is 5.10 Å². The van der Waals surface area contributed by atoms with Crippen LogP contribution in [0.3, 0.4) is 0 Å². The van der Waals surface area contributed by atoms with Crippen LogP contribution in [0.2, 0.25) is 0 Å². The molecule has 1 fully saturated rings. The minimum absolute atomic E-state index is 0.236. The van der Waals surface area contributed by atoms with E-state index in [9.17, 15) is 0 Å². The van der Waals surface area contributed by atoms with Gasteiger partial charge in [0.15, 0.2) is 0 Å². The highest BCUT2D eigenvalue weighted by molar-refractivity contribution is 5.34. The molecule has 0 aliphatic carbocycles. The van der Waals surface area contributed by atoms with Crippen molar-refractivity contribution < 1.29 is 0 Å². The minimum Gasteiger partial charge on any atom is -0.315 e. The summed E-state index contributed by atoms with van der Waals surface area (Å²) in [6.07, 6.45) is 3.04. The molecule has 1 aromatic carbocycles. The first-order valence-electron chi connectivity index (χ1n) is 6.44. The molecule has 3 rings (SSSR count).